The van der Waals surface area contributed by atoms with Crippen LogP contribution in [0, 0.1) is 25.2 Å². The predicted molar refractivity (Wildman–Crippen MR) is 79.4 cm³/mol. The van der Waals surface area contributed by atoms with Crippen molar-refractivity contribution < 1.29 is 0 Å². The van der Waals surface area contributed by atoms with Gasteiger partial charge in [-0.15, -0.1) is 11.3 Å². The van der Waals surface area contributed by atoms with Crippen molar-refractivity contribution in [2.24, 2.45) is 0 Å². The van der Waals surface area contributed by atoms with Crippen LogP contribution in [0.3, 0.4) is 0 Å². The zero-order valence-corrected chi connectivity index (χ0v) is 11.9. The summed E-state index contributed by atoms with van der Waals surface area (Å²) in [6, 6.07) is 15.0. The number of hydrogen-bond donors (Lipinski definition) is 1. The molecule has 2 aromatic rings. The standard InChI is InChI=1S/C12H12S.C2H2N2S/c1-9-3-6-11(7-4-9)12-8-5-10(2)13-12;3-1-2-4-5-2/h3-8H,1-2H3;2,4H. The Morgan fingerprint density at radius 2 is 1.78 bits per heavy atom. The van der Waals surface area contributed by atoms with E-state index in [1.54, 1.807) is 0 Å². The van der Waals surface area contributed by atoms with Gasteiger partial charge >= 0.3 is 0 Å². The average Bonchev–Trinajstić information content (AvgIpc) is 3.13. The van der Waals surface area contributed by atoms with Gasteiger partial charge in [0.1, 0.15) is 0 Å². The van der Waals surface area contributed by atoms with E-state index >= 15 is 0 Å². The zero-order valence-electron chi connectivity index (χ0n) is 10.3. The van der Waals surface area contributed by atoms with Crippen LogP contribution in [-0.4, -0.2) is 5.37 Å². The van der Waals surface area contributed by atoms with Gasteiger partial charge in [-0.3, -0.25) is 0 Å². The molecule has 92 valence electrons. The van der Waals surface area contributed by atoms with Gasteiger partial charge in [0.25, 0.3) is 0 Å². The van der Waals surface area contributed by atoms with Crippen LogP contribution in [0.4, 0.5) is 0 Å². The molecule has 0 radical (unpaired) electrons. The summed E-state index contributed by atoms with van der Waals surface area (Å²) in [5.41, 5.74) is 2.64. The van der Waals surface area contributed by atoms with Gasteiger partial charge in [-0.1, -0.05) is 29.8 Å². The second kappa shape index (κ2) is 6.05. The number of thiophene rings is 1. The van der Waals surface area contributed by atoms with Crippen molar-refractivity contribution in [3.8, 4) is 16.5 Å². The molecule has 1 N–H and O–H groups in total. The monoisotopic (exact) mass is 274 g/mol. The topological polar surface area (TPSA) is 45.7 Å². The van der Waals surface area contributed by atoms with Gasteiger partial charge in [-0.2, -0.15) is 5.26 Å². The minimum Gasteiger partial charge on any atom is -0.235 e. The maximum atomic E-state index is 7.87. The molecule has 1 aliphatic heterocycles. The second-order valence-electron chi connectivity index (χ2n) is 4.02. The number of benzene rings is 1. The fraction of sp³-hybridized carbons (Fsp3) is 0.214. The number of nitrogens with one attached hydrogen (secondary N) is 1. The van der Waals surface area contributed by atoms with Crippen molar-refractivity contribution in [1.82, 2.24) is 4.72 Å². The highest BCUT2D eigenvalue weighted by atomic mass is 32.2. The van der Waals surface area contributed by atoms with E-state index in [0.29, 0.717) is 0 Å². The fourth-order valence-corrected chi connectivity index (χ4v) is 2.44. The lowest BCUT2D eigenvalue weighted by molar-refractivity contribution is 1.21. The molecule has 1 unspecified atom stereocenters. The SMILES string of the molecule is Cc1ccc(-c2ccc(C)s2)cc1.N#CC1NS1. The Bertz CT molecular complexity index is 548. The van der Waals surface area contributed by atoms with E-state index < -0.39 is 0 Å². The van der Waals surface area contributed by atoms with Crippen LogP contribution in [0.15, 0.2) is 36.4 Å². The van der Waals surface area contributed by atoms with Crippen molar-refractivity contribution in [3.05, 3.63) is 46.8 Å². The molecule has 18 heavy (non-hydrogen) atoms. The average molecular weight is 274 g/mol. The molecule has 0 amide bonds. The lowest BCUT2D eigenvalue weighted by Gasteiger charge is -1.97. The van der Waals surface area contributed by atoms with Gasteiger partial charge in [0.15, 0.2) is 5.37 Å². The van der Waals surface area contributed by atoms with E-state index in [0.717, 1.165) is 0 Å². The highest BCUT2D eigenvalue weighted by Crippen LogP contribution is 2.27. The Hall–Kier alpha value is -1.28. The zero-order chi connectivity index (χ0) is 13.0. The number of rotatable bonds is 1. The summed E-state index contributed by atoms with van der Waals surface area (Å²) in [4.78, 5) is 2.73. The summed E-state index contributed by atoms with van der Waals surface area (Å²) < 4.78 is 2.74. The van der Waals surface area contributed by atoms with Crippen LogP contribution >= 0.6 is 23.3 Å². The Morgan fingerprint density at radius 1 is 1.11 bits per heavy atom. The Labute approximate surface area is 116 Å². The smallest absolute Gasteiger partial charge is 0.165 e. The third-order valence-corrected chi connectivity index (χ3v) is 4.06. The molecule has 1 aliphatic rings. The predicted octanol–water partition coefficient (Wildman–Crippen LogP) is 4.12. The van der Waals surface area contributed by atoms with Gasteiger partial charge in [-0.25, -0.2) is 4.72 Å². The van der Waals surface area contributed by atoms with E-state index in [4.69, 9.17) is 5.26 Å². The molecule has 3 rings (SSSR count). The summed E-state index contributed by atoms with van der Waals surface area (Å²) >= 11 is 3.30. The molecule has 0 saturated carbocycles. The maximum Gasteiger partial charge on any atom is 0.165 e. The molecule has 2 heterocycles. The molecule has 0 aliphatic carbocycles. The van der Waals surface area contributed by atoms with Crippen LogP contribution in [0.2, 0.25) is 0 Å². The number of nitrogens with zero attached hydrogens (tertiary/aromatic N) is 1. The van der Waals surface area contributed by atoms with Gasteiger partial charge < -0.3 is 0 Å². The summed E-state index contributed by atoms with van der Waals surface area (Å²) in [7, 11) is 0. The molecule has 1 saturated heterocycles. The minimum atomic E-state index is 0.106. The van der Waals surface area contributed by atoms with Crippen molar-refractivity contribution in [3.63, 3.8) is 0 Å². The number of aryl methyl sites for hydroxylation is 2. The first-order chi connectivity index (χ1) is 8.69. The number of nitriles is 1. The Morgan fingerprint density at radius 3 is 2.17 bits per heavy atom. The largest absolute Gasteiger partial charge is 0.235 e. The molecular weight excluding hydrogens is 260 g/mol. The second-order valence-corrected chi connectivity index (χ2v) is 6.25. The molecule has 0 bridgehead atoms. The van der Waals surface area contributed by atoms with E-state index in [1.165, 1.54) is 32.8 Å². The van der Waals surface area contributed by atoms with E-state index in [2.05, 4.69) is 55.0 Å². The van der Waals surface area contributed by atoms with Gasteiger partial charge in [-0.05, 0) is 43.5 Å². The molecule has 2 nitrogen and oxygen atoms in total. The summed E-state index contributed by atoms with van der Waals surface area (Å²) in [5, 5.41) is 7.98. The molecule has 4 heteroatoms. The van der Waals surface area contributed by atoms with Crippen LogP contribution in [-0.2, 0) is 0 Å². The third-order valence-electron chi connectivity index (χ3n) is 2.43. The lowest BCUT2D eigenvalue weighted by atomic mass is 10.1. The number of hydrogen-bond acceptors (Lipinski definition) is 4. The quantitative estimate of drug-likeness (QED) is 0.628. The van der Waals surface area contributed by atoms with Crippen molar-refractivity contribution in [1.29, 1.82) is 5.26 Å². The van der Waals surface area contributed by atoms with Crippen LogP contribution in [0.5, 0.6) is 0 Å². The fourth-order valence-electron chi connectivity index (χ4n) is 1.39. The summed E-state index contributed by atoms with van der Waals surface area (Å²) in [6.07, 6.45) is 0. The first-order valence-corrected chi connectivity index (χ1v) is 7.33. The van der Waals surface area contributed by atoms with Crippen molar-refractivity contribution in [2.45, 2.75) is 19.2 Å². The molecule has 1 atom stereocenters. The Kier molecular flexibility index (Phi) is 4.43. The highest BCUT2D eigenvalue weighted by Gasteiger charge is 2.19. The molecule has 1 aromatic heterocycles. The third kappa shape index (κ3) is 3.88. The van der Waals surface area contributed by atoms with Gasteiger partial charge in [0.05, 0.1) is 6.07 Å². The highest BCUT2D eigenvalue weighted by molar-refractivity contribution is 8.04. The van der Waals surface area contributed by atoms with E-state index in [1.807, 2.05) is 17.4 Å². The van der Waals surface area contributed by atoms with Crippen LogP contribution in [0.25, 0.3) is 10.4 Å². The van der Waals surface area contributed by atoms with E-state index in [9.17, 15) is 0 Å². The van der Waals surface area contributed by atoms with E-state index in [-0.39, 0.29) is 5.37 Å². The first-order valence-electron chi connectivity index (χ1n) is 5.63. The van der Waals surface area contributed by atoms with Crippen molar-refractivity contribution in [2.75, 3.05) is 0 Å². The molecular formula is C14H14N2S2. The Balaban J connectivity index is 0.000000202. The normalized spacial score (nSPS) is 16.4. The summed E-state index contributed by atoms with van der Waals surface area (Å²) in [6.45, 7) is 4.26. The summed E-state index contributed by atoms with van der Waals surface area (Å²) in [5.74, 6) is 0. The van der Waals surface area contributed by atoms with Gasteiger partial charge in [0.2, 0.25) is 0 Å². The maximum absolute atomic E-state index is 7.87. The lowest BCUT2D eigenvalue weighted by Crippen LogP contribution is -1.77. The van der Waals surface area contributed by atoms with Crippen LogP contribution < -0.4 is 4.72 Å². The van der Waals surface area contributed by atoms with Gasteiger partial charge in [0, 0.05) is 9.75 Å². The molecule has 0 spiro atoms. The molecule has 1 aromatic carbocycles. The van der Waals surface area contributed by atoms with Crippen LogP contribution in [0.1, 0.15) is 10.4 Å². The molecule has 1 fully saturated rings. The van der Waals surface area contributed by atoms with Crippen molar-refractivity contribution >= 4 is 23.3 Å². The first kappa shape index (κ1) is 13.2. The minimum absolute atomic E-state index is 0.106.